The van der Waals surface area contributed by atoms with Crippen LogP contribution in [0.15, 0.2) is 30.5 Å². The molecular formula is C13H14N4S. The van der Waals surface area contributed by atoms with Gasteiger partial charge in [-0.3, -0.25) is 4.68 Å². The molecule has 0 spiro atoms. The Morgan fingerprint density at radius 1 is 1.33 bits per heavy atom. The third kappa shape index (κ3) is 1.86. The minimum atomic E-state index is 0.784. The monoisotopic (exact) mass is 258 g/mol. The van der Waals surface area contributed by atoms with E-state index in [1.165, 1.54) is 28.2 Å². The molecule has 0 amide bonds. The zero-order valence-electron chi connectivity index (χ0n) is 10.3. The topological polar surface area (TPSA) is 42.7 Å². The predicted octanol–water partition coefficient (Wildman–Crippen LogP) is 2.95. The molecule has 0 saturated heterocycles. The molecule has 1 N–H and O–H groups in total. The van der Waals surface area contributed by atoms with Crippen molar-refractivity contribution in [3.05, 3.63) is 41.7 Å². The van der Waals surface area contributed by atoms with Gasteiger partial charge in [-0.15, -0.1) is 0 Å². The van der Waals surface area contributed by atoms with Crippen LogP contribution in [-0.2, 0) is 13.6 Å². The Morgan fingerprint density at radius 2 is 2.17 bits per heavy atom. The van der Waals surface area contributed by atoms with Crippen molar-refractivity contribution >= 4 is 27.4 Å². The zero-order chi connectivity index (χ0) is 12.5. The van der Waals surface area contributed by atoms with Crippen LogP contribution in [-0.4, -0.2) is 14.2 Å². The number of nitrogens with one attached hydrogen (secondary N) is 1. The summed E-state index contributed by atoms with van der Waals surface area (Å²) in [5.41, 5.74) is 3.46. The quantitative estimate of drug-likeness (QED) is 0.785. The number of anilines is 1. The lowest BCUT2D eigenvalue weighted by Crippen LogP contribution is -2.00. The predicted molar refractivity (Wildman–Crippen MR) is 74.9 cm³/mol. The van der Waals surface area contributed by atoms with Gasteiger partial charge in [-0.1, -0.05) is 12.1 Å². The Balaban J connectivity index is 1.83. The Labute approximate surface area is 109 Å². The molecule has 0 aliphatic rings. The summed E-state index contributed by atoms with van der Waals surface area (Å²) in [7, 11) is 1.96. The third-order valence-electron chi connectivity index (χ3n) is 3.16. The molecule has 2 heterocycles. The van der Waals surface area contributed by atoms with E-state index in [0.717, 1.165) is 17.1 Å². The number of aromatic nitrogens is 3. The van der Waals surface area contributed by atoms with Gasteiger partial charge in [0.2, 0.25) is 0 Å². The van der Waals surface area contributed by atoms with E-state index < -0.39 is 0 Å². The van der Waals surface area contributed by atoms with Crippen molar-refractivity contribution in [2.24, 2.45) is 7.05 Å². The van der Waals surface area contributed by atoms with Crippen molar-refractivity contribution in [1.29, 1.82) is 0 Å². The van der Waals surface area contributed by atoms with Gasteiger partial charge in [-0.25, -0.2) is 0 Å². The van der Waals surface area contributed by atoms with Crippen molar-refractivity contribution in [2.75, 3.05) is 5.32 Å². The fourth-order valence-electron chi connectivity index (χ4n) is 1.91. The molecule has 0 aliphatic heterocycles. The van der Waals surface area contributed by atoms with Crippen LogP contribution in [0.25, 0.3) is 10.9 Å². The molecule has 0 unspecified atom stereocenters. The Morgan fingerprint density at radius 3 is 2.94 bits per heavy atom. The summed E-state index contributed by atoms with van der Waals surface area (Å²) < 4.78 is 6.31. The van der Waals surface area contributed by atoms with Gasteiger partial charge >= 0.3 is 0 Å². The van der Waals surface area contributed by atoms with E-state index in [1.807, 2.05) is 36.1 Å². The molecule has 0 radical (unpaired) electrons. The van der Waals surface area contributed by atoms with Gasteiger partial charge in [0.15, 0.2) is 0 Å². The van der Waals surface area contributed by atoms with Crippen LogP contribution in [0.3, 0.4) is 0 Å². The average Bonchev–Trinajstić information content (AvgIpc) is 2.94. The first-order valence-electron chi connectivity index (χ1n) is 5.81. The highest BCUT2D eigenvalue weighted by atomic mass is 32.1. The van der Waals surface area contributed by atoms with Crippen molar-refractivity contribution in [3.63, 3.8) is 0 Å². The second kappa shape index (κ2) is 4.42. The van der Waals surface area contributed by atoms with Crippen LogP contribution in [0.1, 0.15) is 11.3 Å². The van der Waals surface area contributed by atoms with E-state index in [1.54, 1.807) is 0 Å². The molecular weight excluding hydrogens is 244 g/mol. The standard InChI is InChI=1S/C13H14N4S/c1-9-10(8-15-17(9)2)7-14-13-11-5-3-4-6-12(11)16-18-13/h3-6,8,14H,7H2,1-2H3. The molecule has 18 heavy (non-hydrogen) atoms. The van der Waals surface area contributed by atoms with Gasteiger partial charge in [0.25, 0.3) is 0 Å². The number of nitrogens with zero attached hydrogens (tertiary/aromatic N) is 3. The number of rotatable bonds is 3. The molecule has 92 valence electrons. The van der Waals surface area contributed by atoms with Gasteiger partial charge in [-0.2, -0.15) is 9.47 Å². The molecule has 1 aromatic carbocycles. The number of hydrogen-bond donors (Lipinski definition) is 1. The highest BCUT2D eigenvalue weighted by Crippen LogP contribution is 2.27. The molecule has 4 nitrogen and oxygen atoms in total. The number of hydrogen-bond acceptors (Lipinski definition) is 4. The maximum atomic E-state index is 4.42. The summed E-state index contributed by atoms with van der Waals surface area (Å²) >= 11 is 1.51. The average molecular weight is 258 g/mol. The summed E-state index contributed by atoms with van der Waals surface area (Å²) in [6.07, 6.45) is 1.91. The molecule has 3 rings (SSSR count). The second-order valence-corrected chi connectivity index (χ2v) is 5.03. The fraction of sp³-hybridized carbons (Fsp3) is 0.231. The smallest absolute Gasteiger partial charge is 0.117 e. The minimum Gasteiger partial charge on any atom is -0.371 e. The largest absolute Gasteiger partial charge is 0.371 e. The summed E-state index contributed by atoms with van der Waals surface area (Å²) in [4.78, 5) is 0. The van der Waals surface area contributed by atoms with Crippen LogP contribution in [0.5, 0.6) is 0 Å². The summed E-state index contributed by atoms with van der Waals surface area (Å²) in [5, 5.41) is 9.99. The lowest BCUT2D eigenvalue weighted by Gasteiger charge is -2.03. The molecule has 0 atom stereocenters. The molecule has 0 aliphatic carbocycles. The van der Waals surface area contributed by atoms with E-state index in [-0.39, 0.29) is 0 Å². The lowest BCUT2D eigenvalue weighted by molar-refractivity contribution is 0.738. The summed E-state index contributed by atoms with van der Waals surface area (Å²) in [6, 6.07) is 8.18. The molecule has 0 saturated carbocycles. The highest BCUT2D eigenvalue weighted by Gasteiger charge is 2.07. The van der Waals surface area contributed by atoms with Gasteiger partial charge in [0, 0.05) is 30.2 Å². The Kier molecular flexibility index (Phi) is 2.76. The van der Waals surface area contributed by atoms with E-state index in [0.29, 0.717) is 0 Å². The van der Waals surface area contributed by atoms with Crippen molar-refractivity contribution in [1.82, 2.24) is 14.2 Å². The molecule has 3 aromatic rings. The van der Waals surface area contributed by atoms with Crippen LogP contribution in [0, 0.1) is 6.92 Å². The van der Waals surface area contributed by atoms with Crippen LogP contribution >= 0.6 is 11.5 Å². The minimum absolute atomic E-state index is 0.784. The van der Waals surface area contributed by atoms with Gasteiger partial charge in [0.1, 0.15) is 5.00 Å². The van der Waals surface area contributed by atoms with E-state index in [9.17, 15) is 0 Å². The van der Waals surface area contributed by atoms with Crippen LogP contribution in [0.2, 0.25) is 0 Å². The highest BCUT2D eigenvalue weighted by molar-refractivity contribution is 7.11. The molecule has 5 heteroatoms. The maximum Gasteiger partial charge on any atom is 0.117 e. The zero-order valence-corrected chi connectivity index (χ0v) is 11.2. The number of fused-ring (bicyclic) bond motifs is 1. The Bertz CT molecular complexity index is 683. The normalized spacial score (nSPS) is 11.0. The SMILES string of the molecule is Cc1c(CNc2snc3ccccc23)cnn1C. The number of benzene rings is 1. The van der Waals surface area contributed by atoms with Gasteiger partial charge in [-0.05, 0) is 30.6 Å². The second-order valence-electron chi connectivity index (χ2n) is 4.26. The Hall–Kier alpha value is -1.88. The molecule has 0 bridgehead atoms. The maximum absolute atomic E-state index is 4.42. The molecule has 2 aromatic heterocycles. The van der Waals surface area contributed by atoms with E-state index >= 15 is 0 Å². The van der Waals surface area contributed by atoms with Crippen molar-refractivity contribution in [2.45, 2.75) is 13.5 Å². The fourth-order valence-corrected chi connectivity index (χ4v) is 2.67. The van der Waals surface area contributed by atoms with Crippen molar-refractivity contribution in [3.8, 4) is 0 Å². The summed E-state index contributed by atoms with van der Waals surface area (Å²) in [5.74, 6) is 0. The van der Waals surface area contributed by atoms with E-state index in [2.05, 4.69) is 27.8 Å². The lowest BCUT2D eigenvalue weighted by atomic mass is 10.2. The first-order valence-corrected chi connectivity index (χ1v) is 6.59. The summed E-state index contributed by atoms with van der Waals surface area (Å²) in [6.45, 7) is 2.86. The van der Waals surface area contributed by atoms with Crippen molar-refractivity contribution < 1.29 is 0 Å². The molecule has 0 fully saturated rings. The van der Waals surface area contributed by atoms with Gasteiger partial charge < -0.3 is 5.32 Å². The number of aryl methyl sites for hydroxylation is 1. The van der Waals surface area contributed by atoms with Crippen LogP contribution in [0.4, 0.5) is 5.00 Å². The first kappa shape index (κ1) is 11.2. The van der Waals surface area contributed by atoms with Gasteiger partial charge in [0.05, 0.1) is 11.7 Å². The van der Waals surface area contributed by atoms with Crippen LogP contribution < -0.4 is 5.32 Å². The third-order valence-corrected chi connectivity index (χ3v) is 4.00. The first-order chi connectivity index (χ1) is 8.75. The van der Waals surface area contributed by atoms with E-state index in [4.69, 9.17) is 0 Å².